The molecule has 104 valence electrons. The van der Waals surface area contributed by atoms with Gasteiger partial charge in [0.2, 0.25) is 0 Å². The molecule has 0 aliphatic rings. The summed E-state index contributed by atoms with van der Waals surface area (Å²) < 4.78 is 5.43. The normalized spacial score (nSPS) is 12.9. The molecule has 0 spiro atoms. The number of ether oxygens (including phenoxy) is 1. The van der Waals surface area contributed by atoms with Gasteiger partial charge in [-0.05, 0) is 31.4 Å². The molecule has 0 aliphatic heterocycles. The lowest BCUT2D eigenvalue weighted by Crippen LogP contribution is -2.31. The van der Waals surface area contributed by atoms with Gasteiger partial charge < -0.3 is 15.2 Å². The molecule has 4 heteroatoms. The third kappa shape index (κ3) is 14.2. The van der Waals surface area contributed by atoms with Crippen molar-refractivity contribution in [1.82, 2.24) is 5.32 Å². The average Bonchev–Trinajstić information content (AvgIpc) is 2.33. The quantitative estimate of drug-likeness (QED) is 0.500. The van der Waals surface area contributed by atoms with Gasteiger partial charge in [0, 0.05) is 13.2 Å². The van der Waals surface area contributed by atoms with Crippen LogP contribution in [0.3, 0.4) is 0 Å². The first-order valence-corrected chi connectivity index (χ1v) is 8.16. The highest BCUT2D eigenvalue weighted by Crippen LogP contribution is 1.99. The highest BCUT2D eigenvalue weighted by molar-refractivity contribution is 7.98. The van der Waals surface area contributed by atoms with E-state index in [1.165, 1.54) is 25.0 Å². The van der Waals surface area contributed by atoms with Crippen LogP contribution in [0.4, 0.5) is 0 Å². The fourth-order valence-corrected chi connectivity index (χ4v) is 1.95. The minimum atomic E-state index is -0.365. The summed E-state index contributed by atoms with van der Waals surface area (Å²) in [6.45, 7) is 5.07. The second kappa shape index (κ2) is 14.3. The summed E-state index contributed by atoms with van der Waals surface area (Å²) in [6.07, 6.45) is 7.79. The number of aliphatic hydroxyl groups excluding tert-OH is 1. The Balaban J connectivity index is 3.09. The predicted octanol–water partition coefficient (Wildman–Crippen LogP) is 2.29. The molecule has 3 nitrogen and oxygen atoms in total. The summed E-state index contributed by atoms with van der Waals surface area (Å²) in [5.41, 5.74) is 0. The molecule has 0 heterocycles. The Morgan fingerprint density at radius 3 is 2.76 bits per heavy atom. The number of nitrogens with one attached hydrogen (secondary N) is 1. The molecule has 0 aliphatic carbocycles. The number of hydrogen-bond acceptors (Lipinski definition) is 4. The number of hydrogen-bond donors (Lipinski definition) is 2. The zero-order chi connectivity index (χ0) is 12.8. The first-order chi connectivity index (χ1) is 8.31. The maximum Gasteiger partial charge on any atom is 0.0897 e. The van der Waals surface area contributed by atoms with E-state index in [-0.39, 0.29) is 6.10 Å². The Morgan fingerprint density at radius 2 is 2.06 bits per heavy atom. The van der Waals surface area contributed by atoms with Gasteiger partial charge in [-0.15, -0.1) is 0 Å². The monoisotopic (exact) mass is 263 g/mol. The Morgan fingerprint density at radius 1 is 1.24 bits per heavy atom. The minimum Gasteiger partial charge on any atom is -0.389 e. The van der Waals surface area contributed by atoms with Gasteiger partial charge in [-0.2, -0.15) is 11.8 Å². The molecule has 1 atom stereocenters. The topological polar surface area (TPSA) is 41.5 Å². The van der Waals surface area contributed by atoms with Gasteiger partial charge in [-0.3, -0.25) is 0 Å². The number of thioether (sulfide) groups is 1. The first kappa shape index (κ1) is 17.2. The van der Waals surface area contributed by atoms with Gasteiger partial charge >= 0.3 is 0 Å². The molecule has 17 heavy (non-hydrogen) atoms. The van der Waals surface area contributed by atoms with E-state index < -0.39 is 0 Å². The number of rotatable bonds is 13. The van der Waals surface area contributed by atoms with E-state index in [1.807, 2.05) is 11.8 Å². The average molecular weight is 263 g/mol. The predicted molar refractivity (Wildman–Crippen MR) is 76.8 cm³/mol. The van der Waals surface area contributed by atoms with Crippen LogP contribution < -0.4 is 5.32 Å². The van der Waals surface area contributed by atoms with Crippen molar-refractivity contribution < 1.29 is 9.84 Å². The van der Waals surface area contributed by atoms with Crippen molar-refractivity contribution in [2.45, 2.75) is 45.1 Å². The van der Waals surface area contributed by atoms with Crippen molar-refractivity contribution in [3.63, 3.8) is 0 Å². The van der Waals surface area contributed by atoms with Gasteiger partial charge in [0.25, 0.3) is 0 Å². The van der Waals surface area contributed by atoms with Crippen LogP contribution in [0, 0.1) is 0 Å². The molecule has 0 rings (SSSR count). The van der Waals surface area contributed by atoms with Crippen LogP contribution in [0.2, 0.25) is 0 Å². The van der Waals surface area contributed by atoms with Crippen LogP contribution in [-0.2, 0) is 4.74 Å². The Labute approximate surface area is 111 Å². The van der Waals surface area contributed by atoms with E-state index in [0.717, 1.165) is 26.0 Å². The zero-order valence-corrected chi connectivity index (χ0v) is 12.2. The van der Waals surface area contributed by atoms with Crippen LogP contribution in [-0.4, -0.2) is 49.5 Å². The highest BCUT2D eigenvalue weighted by atomic mass is 32.2. The maximum atomic E-state index is 9.62. The van der Waals surface area contributed by atoms with Gasteiger partial charge in [-0.1, -0.05) is 26.2 Å². The molecule has 0 saturated carbocycles. The van der Waals surface area contributed by atoms with E-state index >= 15 is 0 Å². The Kier molecular flexibility index (Phi) is 14.5. The summed E-state index contributed by atoms with van der Waals surface area (Å²) in [5.74, 6) is 1.18. The van der Waals surface area contributed by atoms with E-state index in [1.54, 1.807) is 0 Å². The molecule has 0 amide bonds. The maximum absolute atomic E-state index is 9.62. The molecule has 2 N–H and O–H groups in total. The molecule has 1 unspecified atom stereocenters. The summed E-state index contributed by atoms with van der Waals surface area (Å²) in [5, 5.41) is 12.9. The van der Waals surface area contributed by atoms with E-state index in [4.69, 9.17) is 4.74 Å². The summed E-state index contributed by atoms with van der Waals surface area (Å²) in [7, 11) is 0. The molecule has 0 aromatic rings. The molecule has 0 fully saturated rings. The van der Waals surface area contributed by atoms with Crippen molar-refractivity contribution in [2.75, 3.05) is 38.3 Å². The van der Waals surface area contributed by atoms with E-state index in [0.29, 0.717) is 13.2 Å². The van der Waals surface area contributed by atoms with Crippen molar-refractivity contribution >= 4 is 11.8 Å². The number of aliphatic hydroxyl groups is 1. The zero-order valence-electron chi connectivity index (χ0n) is 11.4. The third-order valence-electron chi connectivity index (χ3n) is 2.53. The molecular weight excluding hydrogens is 234 g/mol. The Bertz CT molecular complexity index is 147. The highest BCUT2D eigenvalue weighted by Gasteiger charge is 2.02. The molecule has 0 aromatic carbocycles. The molecular formula is C13H29NO2S. The molecule has 0 saturated heterocycles. The van der Waals surface area contributed by atoms with Crippen molar-refractivity contribution in [3.8, 4) is 0 Å². The molecule has 0 radical (unpaired) electrons. The lowest BCUT2D eigenvalue weighted by molar-refractivity contribution is 0.0356. The Hall–Kier alpha value is 0.230. The summed E-state index contributed by atoms with van der Waals surface area (Å²) in [6, 6.07) is 0. The van der Waals surface area contributed by atoms with Crippen molar-refractivity contribution in [1.29, 1.82) is 0 Å². The molecule has 0 aromatic heterocycles. The standard InChI is InChI=1S/C13H29NO2S/c1-3-4-5-6-9-16-12-13(15)11-14-8-7-10-17-2/h13-15H,3-12H2,1-2H3. The second-order valence-electron chi connectivity index (χ2n) is 4.34. The lowest BCUT2D eigenvalue weighted by atomic mass is 10.2. The lowest BCUT2D eigenvalue weighted by Gasteiger charge is -2.12. The van der Waals surface area contributed by atoms with Crippen molar-refractivity contribution in [3.05, 3.63) is 0 Å². The SMILES string of the molecule is CCCCCCOCC(O)CNCCCSC. The van der Waals surface area contributed by atoms with Gasteiger partial charge in [-0.25, -0.2) is 0 Å². The summed E-state index contributed by atoms with van der Waals surface area (Å²) >= 11 is 1.86. The van der Waals surface area contributed by atoms with E-state index in [9.17, 15) is 5.11 Å². The smallest absolute Gasteiger partial charge is 0.0897 e. The van der Waals surface area contributed by atoms with Crippen molar-refractivity contribution in [2.24, 2.45) is 0 Å². The van der Waals surface area contributed by atoms with Crippen LogP contribution in [0.25, 0.3) is 0 Å². The molecule has 0 bridgehead atoms. The largest absolute Gasteiger partial charge is 0.389 e. The first-order valence-electron chi connectivity index (χ1n) is 6.76. The van der Waals surface area contributed by atoms with Gasteiger partial charge in [0.15, 0.2) is 0 Å². The summed E-state index contributed by atoms with van der Waals surface area (Å²) in [4.78, 5) is 0. The van der Waals surface area contributed by atoms with Gasteiger partial charge in [0.1, 0.15) is 0 Å². The van der Waals surface area contributed by atoms with E-state index in [2.05, 4.69) is 18.5 Å². The van der Waals surface area contributed by atoms with Crippen LogP contribution >= 0.6 is 11.8 Å². The van der Waals surface area contributed by atoms with Gasteiger partial charge in [0.05, 0.1) is 12.7 Å². The second-order valence-corrected chi connectivity index (χ2v) is 5.33. The van der Waals surface area contributed by atoms with Crippen LogP contribution in [0.1, 0.15) is 39.0 Å². The fourth-order valence-electron chi connectivity index (χ4n) is 1.52. The third-order valence-corrected chi connectivity index (χ3v) is 3.23. The number of unbranched alkanes of at least 4 members (excludes halogenated alkanes) is 3. The van der Waals surface area contributed by atoms with Crippen LogP contribution in [0.15, 0.2) is 0 Å². The van der Waals surface area contributed by atoms with Crippen LogP contribution in [0.5, 0.6) is 0 Å². The fraction of sp³-hybridized carbons (Fsp3) is 1.00. The minimum absolute atomic E-state index is 0.365.